The number of carbonyl (C=O) groups is 2. The lowest BCUT2D eigenvalue weighted by molar-refractivity contribution is -0.385. The number of nitro groups is 1. The summed E-state index contributed by atoms with van der Waals surface area (Å²) in [5.74, 6) is -0.941. The number of para-hydroxylation sites is 4. The largest absolute Gasteiger partial charge is 0.495 e. The number of benzene rings is 2. The third kappa shape index (κ3) is 4.29. The minimum Gasteiger partial charge on any atom is -0.495 e. The second-order valence-electron chi connectivity index (χ2n) is 6.24. The molecule has 0 unspecified atom stereocenters. The number of amides is 2. The number of hydrogen-bond acceptors (Lipinski definition) is 7. The van der Waals surface area contributed by atoms with E-state index in [0.29, 0.717) is 22.9 Å². The van der Waals surface area contributed by atoms with Crippen molar-refractivity contribution >= 4 is 28.9 Å². The van der Waals surface area contributed by atoms with E-state index in [9.17, 15) is 19.7 Å². The third-order valence-electron chi connectivity index (χ3n) is 4.35. The first-order chi connectivity index (χ1) is 14.9. The normalized spacial score (nSPS) is 10.3. The van der Waals surface area contributed by atoms with Gasteiger partial charge in [-0.25, -0.2) is 0 Å². The summed E-state index contributed by atoms with van der Waals surface area (Å²) in [6.45, 7) is 0. The summed E-state index contributed by atoms with van der Waals surface area (Å²) in [4.78, 5) is 36.5. The molecule has 0 radical (unpaired) electrons. The quantitative estimate of drug-likeness (QED) is 0.438. The molecule has 2 N–H and O–H groups in total. The molecule has 2 amide bonds. The SMILES string of the molecule is COc1ccccc1NC(=O)c1nn(C)c(C(=O)Nc2ccccc2OC)c1[N+](=O)[O-]. The first-order valence-electron chi connectivity index (χ1n) is 8.97. The van der Waals surface area contributed by atoms with E-state index in [1.165, 1.54) is 21.3 Å². The summed E-state index contributed by atoms with van der Waals surface area (Å²) in [6, 6.07) is 13.1. The van der Waals surface area contributed by atoms with Crippen LogP contribution in [0.4, 0.5) is 17.1 Å². The van der Waals surface area contributed by atoms with Crippen LogP contribution in [0.15, 0.2) is 48.5 Å². The van der Waals surface area contributed by atoms with Gasteiger partial charge in [-0.1, -0.05) is 24.3 Å². The van der Waals surface area contributed by atoms with E-state index >= 15 is 0 Å². The zero-order chi connectivity index (χ0) is 22.5. The molecule has 0 aliphatic carbocycles. The third-order valence-corrected chi connectivity index (χ3v) is 4.35. The molecule has 0 spiro atoms. The molecule has 0 aliphatic rings. The summed E-state index contributed by atoms with van der Waals surface area (Å²) < 4.78 is 11.3. The molecule has 1 aromatic heterocycles. The minimum atomic E-state index is -0.858. The van der Waals surface area contributed by atoms with Gasteiger partial charge in [0.05, 0.1) is 30.5 Å². The van der Waals surface area contributed by atoms with Crippen molar-refractivity contribution in [3.8, 4) is 11.5 Å². The molecule has 11 heteroatoms. The highest BCUT2D eigenvalue weighted by molar-refractivity contribution is 6.12. The van der Waals surface area contributed by atoms with E-state index in [-0.39, 0.29) is 5.69 Å². The van der Waals surface area contributed by atoms with Crippen LogP contribution in [0.25, 0.3) is 0 Å². The van der Waals surface area contributed by atoms with Gasteiger partial charge in [0.1, 0.15) is 11.5 Å². The molecular weight excluding hydrogens is 406 g/mol. The Balaban J connectivity index is 1.97. The lowest BCUT2D eigenvalue weighted by atomic mass is 10.2. The van der Waals surface area contributed by atoms with E-state index in [4.69, 9.17) is 9.47 Å². The van der Waals surface area contributed by atoms with Crippen LogP contribution in [0, 0.1) is 10.1 Å². The number of ether oxygens (including phenoxy) is 2. The van der Waals surface area contributed by atoms with Gasteiger partial charge in [-0.15, -0.1) is 0 Å². The molecule has 3 rings (SSSR count). The van der Waals surface area contributed by atoms with E-state index in [1.54, 1.807) is 48.5 Å². The predicted molar refractivity (Wildman–Crippen MR) is 112 cm³/mol. The van der Waals surface area contributed by atoms with Gasteiger partial charge in [-0.2, -0.15) is 5.10 Å². The van der Waals surface area contributed by atoms with Gasteiger partial charge in [-0.3, -0.25) is 24.4 Å². The first kappa shape index (κ1) is 21.3. The lowest BCUT2D eigenvalue weighted by Gasteiger charge is -2.09. The molecule has 0 fully saturated rings. The maximum Gasteiger partial charge on any atom is 0.333 e. The molecule has 0 aliphatic heterocycles. The van der Waals surface area contributed by atoms with Crippen LogP contribution in [0.5, 0.6) is 11.5 Å². The van der Waals surface area contributed by atoms with Crippen molar-refractivity contribution in [2.45, 2.75) is 0 Å². The minimum absolute atomic E-state index is 0.301. The van der Waals surface area contributed by atoms with Gasteiger partial charge in [0.15, 0.2) is 0 Å². The molecule has 0 bridgehead atoms. The molecule has 160 valence electrons. The molecular formula is C20H19N5O6. The summed E-state index contributed by atoms with van der Waals surface area (Å²) in [5.41, 5.74) is -1.01. The zero-order valence-electron chi connectivity index (χ0n) is 16.9. The number of methoxy groups -OCH3 is 2. The Morgan fingerprint density at radius 1 is 0.935 bits per heavy atom. The van der Waals surface area contributed by atoms with Gasteiger partial charge in [0, 0.05) is 7.05 Å². The van der Waals surface area contributed by atoms with Crippen LogP contribution >= 0.6 is 0 Å². The number of hydrogen-bond donors (Lipinski definition) is 2. The second-order valence-corrected chi connectivity index (χ2v) is 6.24. The fourth-order valence-electron chi connectivity index (χ4n) is 2.95. The first-order valence-corrected chi connectivity index (χ1v) is 8.97. The van der Waals surface area contributed by atoms with Crippen molar-refractivity contribution in [3.05, 3.63) is 70.0 Å². The van der Waals surface area contributed by atoms with Gasteiger partial charge in [0.2, 0.25) is 11.4 Å². The van der Waals surface area contributed by atoms with Crippen LogP contribution in [0.1, 0.15) is 21.0 Å². The second kappa shape index (κ2) is 8.95. The Morgan fingerprint density at radius 2 is 1.42 bits per heavy atom. The summed E-state index contributed by atoms with van der Waals surface area (Å²) in [6.07, 6.45) is 0. The molecule has 3 aromatic rings. The number of anilines is 2. The molecule has 0 atom stereocenters. The van der Waals surface area contributed by atoms with E-state index < -0.39 is 28.1 Å². The fraction of sp³-hybridized carbons (Fsp3) is 0.150. The maximum atomic E-state index is 12.8. The summed E-state index contributed by atoms with van der Waals surface area (Å²) in [5, 5.41) is 20.8. The summed E-state index contributed by atoms with van der Waals surface area (Å²) >= 11 is 0. The monoisotopic (exact) mass is 425 g/mol. The van der Waals surface area contributed by atoms with Crippen molar-refractivity contribution in [1.82, 2.24) is 9.78 Å². The highest BCUT2D eigenvalue weighted by Gasteiger charge is 2.35. The Kier molecular flexibility index (Phi) is 6.15. The van der Waals surface area contributed by atoms with Gasteiger partial charge < -0.3 is 20.1 Å². The van der Waals surface area contributed by atoms with E-state index in [1.807, 2.05) is 0 Å². The van der Waals surface area contributed by atoms with Gasteiger partial charge in [-0.05, 0) is 24.3 Å². The smallest absolute Gasteiger partial charge is 0.333 e. The van der Waals surface area contributed by atoms with E-state index in [0.717, 1.165) is 4.68 Å². The Labute approximate surface area is 176 Å². The predicted octanol–water partition coefficient (Wildman–Crippen LogP) is 2.85. The van der Waals surface area contributed by atoms with Crippen LogP contribution in [0.3, 0.4) is 0 Å². The summed E-state index contributed by atoms with van der Waals surface area (Å²) in [7, 11) is 4.19. The molecule has 31 heavy (non-hydrogen) atoms. The number of nitrogens with zero attached hydrogens (tertiary/aromatic N) is 3. The zero-order valence-corrected chi connectivity index (χ0v) is 16.9. The highest BCUT2D eigenvalue weighted by atomic mass is 16.6. The van der Waals surface area contributed by atoms with Crippen molar-refractivity contribution in [2.75, 3.05) is 24.9 Å². The van der Waals surface area contributed by atoms with Crippen LogP contribution in [0.2, 0.25) is 0 Å². The van der Waals surface area contributed by atoms with Crippen molar-refractivity contribution in [3.63, 3.8) is 0 Å². The molecule has 1 heterocycles. The standard InChI is InChI=1S/C20H19N5O6/c1-24-18(20(27)22-13-9-5-7-11-15(13)31-3)17(25(28)29)16(23-24)19(26)21-12-8-4-6-10-14(12)30-2/h4-11H,1-3H3,(H,21,26)(H,22,27). The van der Waals surface area contributed by atoms with Crippen LogP contribution in [-0.2, 0) is 7.05 Å². The fourth-order valence-corrected chi connectivity index (χ4v) is 2.95. The Bertz CT molecular complexity index is 1160. The van der Waals surface area contributed by atoms with Gasteiger partial charge in [0.25, 0.3) is 11.8 Å². The average molecular weight is 425 g/mol. The number of aromatic nitrogens is 2. The number of carbonyl (C=O) groups excluding carboxylic acids is 2. The van der Waals surface area contributed by atoms with Crippen LogP contribution < -0.4 is 20.1 Å². The van der Waals surface area contributed by atoms with Crippen molar-refractivity contribution in [1.29, 1.82) is 0 Å². The van der Waals surface area contributed by atoms with Crippen molar-refractivity contribution in [2.24, 2.45) is 7.05 Å². The van der Waals surface area contributed by atoms with Crippen molar-refractivity contribution < 1.29 is 24.0 Å². The molecule has 0 saturated carbocycles. The van der Waals surface area contributed by atoms with Gasteiger partial charge >= 0.3 is 5.69 Å². The lowest BCUT2D eigenvalue weighted by Crippen LogP contribution is -2.18. The Morgan fingerprint density at radius 3 is 1.90 bits per heavy atom. The van der Waals surface area contributed by atoms with Crippen LogP contribution in [-0.4, -0.2) is 40.7 Å². The number of nitrogens with one attached hydrogen (secondary N) is 2. The molecule has 0 saturated heterocycles. The Hall–Kier alpha value is -4.41. The topological polar surface area (TPSA) is 138 Å². The van der Waals surface area contributed by atoms with E-state index in [2.05, 4.69) is 15.7 Å². The highest BCUT2D eigenvalue weighted by Crippen LogP contribution is 2.29. The average Bonchev–Trinajstić information content (AvgIpc) is 3.12. The number of aryl methyl sites for hydroxylation is 1. The number of rotatable bonds is 7. The molecule has 11 nitrogen and oxygen atoms in total. The molecule has 2 aromatic carbocycles. The maximum absolute atomic E-state index is 12.8.